The molecule has 0 spiro atoms. The van der Waals surface area contributed by atoms with Crippen molar-refractivity contribution in [3.63, 3.8) is 0 Å². The van der Waals surface area contributed by atoms with Crippen molar-refractivity contribution in [3.05, 3.63) is 12.2 Å². The fraction of sp³-hybridized carbons (Fsp3) is 0.692. The Bertz CT molecular complexity index is 513. The molecule has 1 N–H and O–H groups in total. The van der Waals surface area contributed by atoms with Crippen molar-refractivity contribution in [2.75, 3.05) is 6.54 Å². The average molecular weight is 280 g/mol. The molecule has 2 heterocycles. The van der Waals surface area contributed by atoms with E-state index in [-0.39, 0.29) is 24.3 Å². The summed E-state index contributed by atoms with van der Waals surface area (Å²) in [5, 5.41) is 13.5. The fourth-order valence-corrected chi connectivity index (χ4v) is 2.91. The molecule has 2 rings (SSSR count). The van der Waals surface area contributed by atoms with Crippen molar-refractivity contribution < 1.29 is 14.7 Å². The van der Waals surface area contributed by atoms with Gasteiger partial charge in [0.1, 0.15) is 6.33 Å². The summed E-state index contributed by atoms with van der Waals surface area (Å²) in [6.45, 7) is 4.09. The summed E-state index contributed by atoms with van der Waals surface area (Å²) in [6, 6.07) is -0.299. The highest BCUT2D eigenvalue weighted by molar-refractivity contribution is 5.81. The second-order valence-corrected chi connectivity index (χ2v) is 5.46. The number of likely N-dealkylation sites (tertiary alicyclic amines) is 1. The molecule has 1 aliphatic rings. The molecule has 1 fully saturated rings. The molecular formula is C13H20N4O3. The maximum absolute atomic E-state index is 12.1. The van der Waals surface area contributed by atoms with Crippen molar-refractivity contribution in [1.82, 2.24) is 19.7 Å². The lowest BCUT2D eigenvalue weighted by atomic mass is 9.81. The van der Waals surface area contributed by atoms with Crippen molar-refractivity contribution in [2.45, 2.75) is 32.7 Å². The topological polar surface area (TPSA) is 88.3 Å². The van der Waals surface area contributed by atoms with Crippen LogP contribution in [0, 0.1) is 11.8 Å². The molecular weight excluding hydrogens is 260 g/mol. The van der Waals surface area contributed by atoms with Crippen LogP contribution in [0.4, 0.5) is 0 Å². The number of nitrogens with zero attached hydrogens (tertiary/aromatic N) is 4. The minimum absolute atomic E-state index is 0.0124. The van der Waals surface area contributed by atoms with Gasteiger partial charge in [0, 0.05) is 32.5 Å². The van der Waals surface area contributed by atoms with Crippen LogP contribution in [0.5, 0.6) is 0 Å². The summed E-state index contributed by atoms with van der Waals surface area (Å²) in [5.41, 5.74) is 0. The van der Waals surface area contributed by atoms with Gasteiger partial charge in [-0.2, -0.15) is 5.10 Å². The first-order valence-corrected chi connectivity index (χ1v) is 6.77. The highest BCUT2D eigenvalue weighted by Crippen LogP contribution is 2.29. The highest BCUT2D eigenvalue weighted by Gasteiger charge is 2.41. The number of hydrogen-bond acceptors (Lipinski definition) is 4. The Morgan fingerprint density at radius 3 is 2.75 bits per heavy atom. The smallest absolute Gasteiger partial charge is 0.308 e. The number of rotatable bonds is 4. The zero-order valence-electron chi connectivity index (χ0n) is 12.0. The minimum Gasteiger partial charge on any atom is -0.481 e. The van der Waals surface area contributed by atoms with Gasteiger partial charge >= 0.3 is 5.97 Å². The van der Waals surface area contributed by atoms with Crippen LogP contribution >= 0.6 is 0 Å². The lowest BCUT2D eigenvalue weighted by Crippen LogP contribution is -2.53. The number of piperidine rings is 1. The Labute approximate surface area is 117 Å². The third-order valence-electron chi connectivity index (χ3n) is 3.95. The Kier molecular flexibility index (Phi) is 4.06. The van der Waals surface area contributed by atoms with Gasteiger partial charge in [0.15, 0.2) is 5.82 Å². The van der Waals surface area contributed by atoms with E-state index in [1.807, 2.05) is 6.92 Å². The summed E-state index contributed by atoms with van der Waals surface area (Å²) >= 11 is 0. The SMILES string of the molecule is CC1CC(=O)N(CCc2ncn(C)n2)C(C)C1C(=O)O. The van der Waals surface area contributed by atoms with E-state index >= 15 is 0 Å². The second-order valence-electron chi connectivity index (χ2n) is 5.46. The Balaban J connectivity index is 2.05. The molecule has 0 saturated carbocycles. The number of hydrogen-bond donors (Lipinski definition) is 1. The number of amides is 1. The van der Waals surface area contributed by atoms with Gasteiger partial charge in [0.25, 0.3) is 0 Å². The van der Waals surface area contributed by atoms with Crippen LogP contribution in [0.15, 0.2) is 6.33 Å². The molecule has 1 amide bonds. The zero-order valence-corrected chi connectivity index (χ0v) is 12.0. The van der Waals surface area contributed by atoms with Crippen LogP contribution in [-0.4, -0.2) is 49.2 Å². The maximum atomic E-state index is 12.1. The molecule has 0 bridgehead atoms. The van der Waals surface area contributed by atoms with Gasteiger partial charge in [-0.3, -0.25) is 14.3 Å². The van der Waals surface area contributed by atoms with E-state index in [2.05, 4.69) is 10.1 Å². The summed E-state index contributed by atoms with van der Waals surface area (Å²) in [6.07, 6.45) is 2.44. The van der Waals surface area contributed by atoms with Gasteiger partial charge < -0.3 is 10.0 Å². The Hall–Kier alpha value is -1.92. The zero-order chi connectivity index (χ0) is 14.9. The lowest BCUT2D eigenvalue weighted by Gasteiger charge is -2.40. The standard InChI is InChI=1S/C13H20N4O3/c1-8-6-11(18)17(9(2)12(8)13(19)20)5-4-10-14-7-16(3)15-10/h7-9,12H,4-6H2,1-3H3,(H,19,20). The summed E-state index contributed by atoms with van der Waals surface area (Å²) < 4.78 is 1.61. The van der Waals surface area contributed by atoms with Crippen molar-refractivity contribution in [1.29, 1.82) is 0 Å². The third-order valence-corrected chi connectivity index (χ3v) is 3.95. The molecule has 7 nitrogen and oxygen atoms in total. The molecule has 110 valence electrons. The molecule has 0 aliphatic carbocycles. The number of aromatic nitrogens is 3. The number of carboxylic acid groups (broad SMARTS) is 1. The number of aryl methyl sites for hydroxylation is 1. The predicted molar refractivity (Wildman–Crippen MR) is 70.8 cm³/mol. The number of carbonyl (C=O) groups excluding carboxylic acids is 1. The van der Waals surface area contributed by atoms with Gasteiger partial charge in [-0.05, 0) is 12.8 Å². The summed E-state index contributed by atoms with van der Waals surface area (Å²) in [5.74, 6) is -0.793. The van der Waals surface area contributed by atoms with Gasteiger partial charge in [0.2, 0.25) is 5.91 Å². The molecule has 0 radical (unpaired) electrons. The first kappa shape index (κ1) is 14.5. The summed E-state index contributed by atoms with van der Waals surface area (Å²) in [7, 11) is 1.79. The normalized spacial score (nSPS) is 26.9. The van der Waals surface area contributed by atoms with E-state index in [4.69, 9.17) is 0 Å². The fourth-order valence-electron chi connectivity index (χ4n) is 2.91. The minimum atomic E-state index is -0.835. The van der Waals surface area contributed by atoms with E-state index in [0.29, 0.717) is 18.8 Å². The average Bonchev–Trinajstić information content (AvgIpc) is 2.73. The summed E-state index contributed by atoms with van der Waals surface area (Å²) in [4.78, 5) is 29.2. The maximum Gasteiger partial charge on any atom is 0.308 e. The molecule has 1 aliphatic heterocycles. The number of carboxylic acids is 1. The number of aliphatic carboxylic acids is 1. The monoisotopic (exact) mass is 280 g/mol. The Morgan fingerprint density at radius 2 is 2.20 bits per heavy atom. The van der Waals surface area contributed by atoms with Crippen LogP contribution in [0.2, 0.25) is 0 Å². The van der Waals surface area contributed by atoms with E-state index < -0.39 is 11.9 Å². The van der Waals surface area contributed by atoms with Crippen LogP contribution < -0.4 is 0 Å². The van der Waals surface area contributed by atoms with Crippen LogP contribution in [0.1, 0.15) is 26.1 Å². The molecule has 3 atom stereocenters. The van der Waals surface area contributed by atoms with Crippen LogP contribution in [0.3, 0.4) is 0 Å². The second kappa shape index (κ2) is 5.60. The van der Waals surface area contributed by atoms with Gasteiger partial charge in [-0.15, -0.1) is 0 Å². The predicted octanol–water partition coefficient (Wildman–Crippen LogP) is 0.315. The molecule has 1 saturated heterocycles. The quantitative estimate of drug-likeness (QED) is 0.857. The molecule has 3 unspecified atom stereocenters. The van der Waals surface area contributed by atoms with Crippen LogP contribution in [-0.2, 0) is 23.1 Å². The molecule has 7 heteroatoms. The van der Waals surface area contributed by atoms with Crippen LogP contribution in [0.25, 0.3) is 0 Å². The van der Waals surface area contributed by atoms with Gasteiger partial charge in [-0.1, -0.05) is 6.92 Å². The molecule has 1 aromatic rings. The number of carbonyl (C=O) groups is 2. The Morgan fingerprint density at radius 1 is 1.50 bits per heavy atom. The van der Waals surface area contributed by atoms with Gasteiger partial charge in [-0.25, -0.2) is 4.98 Å². The first-order chi connectivity index (χ1) is 9.40. The van der Waals surface area contributed by atoms with Gasteiger partial charge in [0.05, 0.1) is 5.92 Å². The molecule has 1 aromatic heterocycles. The molecule has 0 aromatic carbocycles. The third kappa shape index (κ3) is 2.81. The first-order valence-electron chi connectivity index (χ1n) is 6.77. The van der Waals surface area contributed by atoms with Crippen molar-refractivity contribution >= 4 is 11.9 Å². The van der Waals surface area contributed by atoms with E-state index in [1.165, 1.54) is 0 Å². The van der Waals surface area contributed by atoms with E-state index in [1.54, 1.807) is 29.9 Å². The lowest BCUT2D eigenvalue weighted by molar-refractivity contribution is -0.154. The van der Waals surface area contributed by atoms with E-state index in [9.17, 15) is 14.7 Å². The van der Waals surface area contributed by atoms with Crippen molar-refractivity contribution in [2.24, 2.45) is 18.9 Å². The highest BCUT2D eigenvalue weighted by atomic mass is 16.4. The molecule has 20 heavy (non-hydrogen) atoms. The van der Waals surface area contributed by atoms with E-state index in [0.717, 1.165) is 0 Å². The van der Waals surface area contributed by atoms with Crippen molar-refractivity contribution in [3.8, 4) is 0 Å². The largest absolute Gasteiger partial charge is 0.481 e.